The summed E-state index contributed by atoms with van der Waals surface area (Å²) in [6, 6.07) is 15.2. The first kappa shape index (κ1) is 14.8. The normalized spacial score (nSPS) is 12.9. The van der Waals surface area contributed by atoms with E-state index in [9.17, 15) is 9.90 Å². The topological polar surface area (TPSA) is 50.4 Å². The van der Waals surface area contributed by atoms with E-state index in [2.05, 4.69) is 13.8 Å². The molecule has 1 aromatic heterocycles. The molecule has 0 radical (unpaired) electrons. The van der Waals surface area contributed by atoms with E-state index in [1.165, 1.54) is 5.56 Å². The standard InChI is InChI=1S/C21H18O3/c1-3-12(2)13-8-9-18-16(10-13)19-17(21(23)24-18)11-14-6-4-5-7-15(14)20(19)22/h4-12,22H,3H2,1-2H3. The van der Waals surface area contributed by atoms with Crippen molar-refractivity contribution in [2.45, 2.75) is 26.2 Å². The van der Waals surface area contributed by atoms with E-state index in [4.69, 9.17) is 4.42 Å². The molecule has 0 amide bonds. The largest absolute Gasteiger partial charge is 0.507 e. The molecule has 1 heterocycles. The molecule has 0 bridgehead atoms. The second-order valence-corrected chi connectivity index (χ2v) is 6.32. The molecular weight excluding hydrogens is 300 g/mol. The van der Waals surface area contributed by atoms with Gasteiger partial charge in [-0.25, -0.2) is 4.79 Å². The summed E-state index contributed by atoms with van der Waals surface area (Å²) in [6.07, 6.45) is 1.02. The molecule has 0 aliphatic carbocycles. The van der Waals surface area contributed by atoms with Crippen LogP contribution in [0.15, 0.2) is 57.7 Å². The van der Waals surface area contributed by atoms with Crippen LogP contribution in [-0.4, -0.2) is 5.11 Å². The Morgan fingerprint density at radius 2 is 1.83 bits per heavy atom. The number of hydrogen-bond acceptors (Lipinski definition) is 3. The van der Waals surface area contributed by atoms with Gasteiger partial charge in [0.05, 0.1) is 5.39 Å². The Bertz CT molecular complexity index is 1140. The first-order chi connectivity index (χ1) is 11.6. The third-order valence-corrected chi connectivity index (χ3v) is 4.90. The minimum absolute atomic E-state index is 0.141. The summed E-state index contributed by atoms with van der Waals surface area (Å²) in [7, 11) is 0. The Morgan fingerprint density at radius 3 is 2.62 bits per heavy atom. The maximum Gasteiger partial charge on any atom is 0.344 e. The van der Waals surface area contributed by atoms with Gasteiger partial charge in [0.25, 0.3) is 0 Å². The molecular formula is C21H18O3. The summed E-state index contributed by atoms with van der Waals surface area (Å²) in [5, 5.41) is 14.2. The average molecular weight is 318 g/mol. The van der Waals surface area contributed by atoms with Gasteiger partial charge in [-0.05, 0) is 41.5 Å². The number of phenolic OH excluding ortho intramolecular Hbond substituents is 1. The van der Waals surface area contributed by atoms with Crippen molar-refractivity contribution in [2.24, 2.45) is 0 Å². The molecule has 0 saturated heterocycles. The van der Waals surface area contributed by atoms with Crippen molar-refractivity contribution < 1.29 is 9.52 Å². The molecule has 3 nitrogen and oxygen atoms in total. The maximum atomic E-state index is 12.4. The van der Waals surface area contributed by atoms with Gasteiger partial charge in [0, 0.05) is 16.2 Å². The first-order valence-electron chi connectivity index (χ1n) is 8.21. The van der Waals surface area contributed by atoms with Gasteiger partial charge >= 0.3 is 5.63 Å². The van der Waals surface area contributed by atoms with Crippen LogP contribution in [0.25, 0.3) is 32.5 Å². The molecule has 0 aliphatic rings. The number of fused-ring (bicyclic) bond motifs is 4. The molecule has 1 unspecified atom stereocenters. The van der Waals surface area contributed by atoms with Crippen molar-refractivity contribution in [2.75, 3.05) is 0 Å². The SMILES string of the molecule is CCC(C)c1ccc2oc(=O)c3cc4ccccc4c(O)c3c2c1. The smallest absolute Gasteiger partial charge is 0.344 e. The lowest BCUT2D eigenvalue weighted by Gasteiger charge is -2.12. The molecule has 3 heteroatoms. The molecule has 0 saturated carbocycles. The van der Waals surface area contributed by atoms with Crippen molar-refractivity contribution in [1.82, 2.24) is 0 Å². The van der Waals surface area contributed by atoms with Crippen LogP contribution in [0.2, 0.25) is 0 Å². The fourth-order valence-corrected chi connectivity index (χ4v) is 3.29. The fraction of sp³-hybridized carbons (Fsp3) is 0.190. The molecule has 4 aromatic rings. The predicted octanol–water partition coefficient (Wildman–Crippen LogP) is 5.32. The van der Waals surface area contributed by atoms with Crippen LogP contribution >= 0.6 is 0 Å². The maximum absolute atomic E-state index is 12.4. The fourth-order valence-electron chi connectivity index (χ4n) is 3.29. The third-order valence-electron chi connectivity index (χ3n) is 4.90. The molecule has 1 atom stereocenters. The van der Waals surface area contributed by atoms with Gasteiger partial charge in [-0.3, -0.25) is 0 Å². The van der Waals surface area contributed by atoms with Crippen LogP contribution in [0, 0.1) is 0 Å². The summed E-state index contributed by atoms with van der Waals surface area (Å²) in [6.45, 7) is 4.31. The average Bonchev–Trinajstić information content (AvgIpc) is 2.61. The highest BCUT2D eigenvalue weighted by Crippen LogP contribution is 2.37. The van der Waals surface area contributed by atoms with Gasteiger partial charge in [-0.15, -0.1) is 0 Å². The molecule has 4 rings (SSSR count). The second kappa shape index (κ2) is 5.38. The highest BCUT2D eigenvalue weighted by Gasteiger charge is 2.15. The van der Waals surface area contributed by atoms with Crippen LogP contribution in [0.3, 0.4) is 0 Å². The monoisotopic (exact) mass is 318 g/mol. The van der Waals surface area contributed by atoms with Crippen molar-refractivity contribution >= 4 is 32.5 Å². The lowest BCUT2D eigenvalue weighted by Crippen LogP contribution is -2.01. The Kier molecular flexibility index (Phi) is 3.31. The molecule has 120 valence electrons. The quantitative estimate of drug-likeness (QED) is 0.309. The van der Waals surface area contributed by atoms with Gasteiger partial charge in [-0.1, -0.05) is 44.2 Å². The van der Waals surface area contributed by atoms with Crippen molar-refractivity contribution in [3.8, 4) is 5.75 Å². The zero-order valence-corrected chi connectivity index (χ0v) is 13.7. The second-order valence-electron chi connectivity index (χ2n) is 6.32. The van der Waals surface area contributed by atoms with Crippen LogP contribution in [0.4, 0.5) is 0 Å². The van der Waals surface area contributed by atoms with E-state index in [1.54, 1.807) is 6.07 Å². The Labute approximate surface area is 139 Å². The highest BCUT2D eigenvalue weighted by molar-refractivity contribution is 6.15. The van der Waals surface area contributed by atoms with Crippen molar-refractivity contribution in [3.63, 3.8) is 0 Å². The molecule has 0 spiro atoms. The lowest BCUT2D eigenvalue weighted by atomic mass is 9.94. The van der Waals surface area contributed by atoms with Crippen LogP contribution in [-0.2, 0) is 0 Å². The van der Waals surface area contributed by atoms with Crippen LogP contribution in [0.1, 0.15) is 31.7 Å². The summed E-state index contributed by atoms with van der Waals surface area (Å²) in [5.74, 6) is 0.543. The minimum atomic E-state index is -0.421. The lowest BCUT2D eigenvalue weighted by molar-refractivity contribution is 0.487. The zero-order chi connectivity index (χ0) is 16.8. The number of aromatic hydroxyl groups is 1. The molecule has 0 fully saturated rings. The Balaban J connectivity index is 2.22. The minimum Gasteiger partial charge on any atom is -0.507 e. The molecule has 0 aliphatic heterocycles. The van der Waals surface area contributed by atoms with Gasteiger partial charge in [0.2, 0.25) is 0 Å². The van der Waals surface area contributed by atoms with Gasteiger partial charge in [0.15, 0.2) is 0 Å². The summed E-state index contributed by atoms with van der Waals surface area (Å²) >= 11 is 0. The molecule has 3 aromatic carbocycles. The summed E-state index contributed by atoms with van der Waals surface area (Å²) < 4.78 is 5.48. The summed E-state index contributed by atoms with van der Waals surface area (Å²) in [4.78, 5) is 12.4. The number of rotatable bonds is 2. The Morgan fingerprint density at radius 1 is 1.04 bits per heavy atom. The van der Waals surface area contributed by atoms with Gasteiger partial charge in [0.1, 0.15) is 11.3 Å². The van der Waals surface area contributed by atoms with E-state index >= 15 is 0 Å². The van der Waals surface area contributed by atoms with Crippen molar-refractivity contribution in [3.05, 3.63) is 64.5 Å². The van der Waals surface area contributed by atoms with E-state index in [1.807, 2.05) is 42.5 Å². The third kappa shape index (κ3) is 2.08. The molecule has 1 N–H and O–H groups in total. The number of benzene rings is 3. The first-order valence-corrected chi connectivity index (χ1v) is 8.21. The highest BCUT2D eigenvalue weighted by atomic mass is 16.4. The summed E-state index contributed by atoms with van der Waals surface area (Å²) in [5.41, 5.74) is 1.26. The van der Waals surface area contributed by atoms with Crippen LogP contribution < -0.4 is 5.63 Å². The Hall–Kier alpha value is -2.81. The van der Waals surface area contributed by atoms with E-state index < -0.39 is 5.63 Å². The van der Waals surface area contributed by atoms with Crippen LogP contribution in [0.5, 0.6) is 5.75 Å². The number of hydrogen-bond donors (Lipinski definition) is 1. The van der Waals surface area contributed by atoms with Gasteiger partial charge < -0.3 is 9.52 Å². The van der Waals surface area contributed by atoms with E-state index in [-0.39, 0.29) is 5.75 Å². The zero-order valence-electron chi connectivity index (χ0n) is 13.7. The van der Waals surface area contributed by atoms with E-state index in [0.717, 1.165) is 22.6 Å². The van der Waals surface area contributed by atoms with E-state index in [0.29, 0.717) is 22.3 Å². The predicted molar refractivity (Wildman–Crippen MR) is 97.9 cm³/mol. The van der Waals surface area contributed by atoms with Gasteiger partial charge in [-0.2, -0.15) is 0 Å². The molecule has 24 heavy (non-hydrogen) atoms. The van der Waals surface area contributed by atoms with Crippen molar-refractivity contribution in [1.29, 1.82) is 0 Å². The number of phenols is 1.